The van der Waals surface area contributed by atoms with E-state index in [9.17, 15) is 0 Å². The van der Waals surface area contributed by atoms with Crippen LogP contribution in [0, 0.1) is 0 Å². The summed E-state index contributed by atoms with van der Waals surface area (Å²) in [6.07, 6.45) is 2.06. The highest BCUT2D eigenvalue weighted by Gasteiger charge is 2.10. The first-order valence-corrected chi connectivity index (χ1v) is 7.42. The van der Waals surface area contributed by atoms with Gasteiger partial charge >= 0.3 is 0 Å². The molecule has 0 atom stereocenters. The van der Waals surface area contributed by atoms with E-state index in [2.05, 4.69) is 23.4 Å². The van der Waals surface area contributed by atoms with Crippen LogP contribution in [0.15, 0.2) is 47.4 Å². The second kappa shape index (κ2) is 5.09. The van der Waals surface area contributed by atoms with Gasteiger partial charge in [0.25, 0.3) is 0 Å². The molecule has 0 amide bonds. The summed E-state index contributed by atoms with van der Waals surface area (Å²) in [5.74, 6) is 1.25. The minimum absolute atomic E-state index is 0.477. The number of thioether (sulfide) groups is 1. The number of nitrogen functional groups attached to an aromatic ring is 1. The number of methoxy groups -OCH3 is 1. The molecule has 1 heterocycles. The molecule has 0 spiro atoms. The van der Waals surface area contributed by atoms with Crippen molar-refractivity contribution in [2.24, 2.45) is 0 Å². The van der Waals surface area contributed by atoms with Crippen molar-refractivity contribution in [3.05, 3.63) is 42.5 Å². The Morgan fingerprint density at radius 3 is 2.55 bits per heavy atom. The van der Waals surface area contributed by atoms with Gasteiger partial charge in [-0.15, -0.1) is 11.8 Å². The lowest BCUT2D eigenvalue weighted by molar-refractivity contribution is 0.415. The number of fused-ring (bicyclic) bond motifs is 1. The highest BCUT2D eigenvalue weighted by Crippen LogP contribution is 2.27. The summed E-state index contributed by atoms with van der Waals surface area (Å²) in [7, 11) is 1.64. The minimum atomic E-state index is 0.477. The smallest absolute Gasteiger partial charge is 0.205 e. The average molecular weight is 285 g/mol. The second-order valence-corrected chi connectivity index (χ2v) is 5.24. The molecule has 0 radical (unpaired) electrons. The van der Waals surface area contributed by atoms with E-state index < -0.39 is 0 Å². The number of hydrogen-bond donors (Lipinski definition) is 1. The van der Waals surface area contributed by atoms with Crippen LogP contribution in [-0.2, 0) is 0 Å². The van der Waals surface area contributed by atoms with Crippen LogP contribution in [0.4, 0.5) is 5.95 Å². The average Bonchev–Trinajstić information content (AvgIpc) is 2.82. The lowest BCUT2D eigenvalue weighted by Gasteiger charge is -2.07. The van der Waals surface area contributed by atoms with Gasteiger partial charge in [-0.25, -0.2) is 4.98 Å². The zero-order valence-corrected chi connectivity index (χ0v) is 12.1. The van der Waals surface area contributed by atoms with Gasteiger partial charge in [0.2, 0.25) is 5.95 Å². The van der Waals surface area contributed by atoms with Crippen molar-refractivity contribution in [2.75, 3.05) is 19.1 Å². The maximum Gasteiger partial charge on any atom is 0.205 e. The summed E-state index contributed by atoms with van der Waals surface area (Å²) in [5, 5.41) is 0. The summed E-state index contributed by atoms with van der Waals surface area (Å²) in [6.45, 7) is 0. The van der Waals surface area contributed by atoms with Crippen LogP contribution >= 0.6 is 11.8 Å². The van der Waals surface area contributed by atoms with Gasteiger partial charge < -0.3 is 10.5 Å². The molecule has 0 unspecified atom stereocenters. The topological polar surface area (TPSA) is 53.1 Å². The zero-order valence-electron chi connectivity index (χ0n) is 11.3. The molecule has 3 rings (SSSR count). The molecule has 5 heteroatoms. The molecule has 0 saturated carbocycles. The number of hydrogen-bond acceptors (Lipinski definition) is 4. The van der Waals surface area contributed by atoms with Crippen molar-refractivity contribution in [3.8, 4) is 11.4 Å². The molecule has 0 aliphatic carbocycles. The van der Waals surface area contributed by atoms with Crippen molar-refractivity contribution in [1.29, 1.82) is 0 Å². The van der Waals surface area contributed by atoms with Crippen LogP contribution in [0.5, 0.6) is 5.75 Å². The van der Waals surface area contributed by atoms with E-state index >= 15 is 0 Å². The van der Waals surface area contributed by atoms with Crippen LogP contribution in [0.1, 0.15) is 0 Å². The molecule has 0 aliphatic heterocycles. The number of ether oxygens (including phenoxy) is 1. The number of benzene rings is 2. The lowest BCUT2D eigenvalue weighted by Crippen LogP contribution is -2.00. The molecule has 2 aromatic carbocycles. The first-order valence-electron chi connectivity index (χ1n) is 6.19. The Kier molecular flexibility index (Phi) is 3.28. The van der Waals surface area contributed by atoms with Gasteiger partial charge in [-0.05, 0) is 42.7 Å². The van der Waals surface area contributed by atoms with Crippen molar-refractivity contribution in [3.63, 3.8) is 0 Å². The van der Waals surface area contributed by atoms with Crippen LogP contribution in [0.2, 0.25) is 0 Å². The van der Waals surface area contributed by atoms with Crippen molar-refractivity contribution < 1.29 is 4.74 Å². The Balaban J connectivity index is 2.16. The van der Waals surface area contributed by atoms with E-state index in [1.165, 1.54) is 4.90 Å². The Labute approximate surface area is 121 Å². The number of anilines is 1. The first kappa shape index (κ1) is 12.9. The molecule has 20 heavy (non-hydrogen) atoms. The molecule has 0 aliphatic rings. The molecular formula is C15H15N3OS. The lowest BCUT2D eigenvalue weighted by atomic mass is 10.2. The molecule has 3 aromatic rings. The summed E-state index contributed by atoms with van der Waals surface area (Å²) >= 11 is 1.71. The van der Waals surface area contributed by atoms with Gasteiger partial charge in [-0.1, -0.05) is 0 Å². The van der Waals surface area contributed by atoms with Crippen molar-refractivity contribution in [1.82, 2.24) is 9.55 Å². The van der Waals surface area contributed by atoms with E-state index in [1.54, 1.807) is 18.9 Å². The van der Waals surface area contributed by atoms with Gasteiger partial charge in [-0.3, -0.25) is 4.57 Å². The Morgan fingerprint density at radius 2 is 1.90 bits per heavy atom. The fraction of sp³-hybridized carbons (Fsp3) is 0.133. The van der Waals surface area contributed by atoms with Crippen LogP contribution < -0.4 is 10.5 Å². The maximum atomic E-state index is 6.05. The Bertz CT molecular complexity index is 750. The molecule has 102 valence electrons. The van der Waals surface area contributed by atoms with E-state index in [1.807, 2.05) is 34.9 Å². The van der Waals surface area contributed by atoms with E-state index in [4.69, 9.17) is 10.5 Å². The maximum absolute atomic E-state index is 6.05. The second-order valence-electron chi connectivity index (χ2n) is 4.36. The quantitative estimate of drug-likeness (QED) is 0.750. The predicted octanol–water partition coefficient (Wildman–Crippen LogP) is 3.34. The normalized spacial score (nSPS) is 10.9. The highest BCUT2D eigenvalue weighted by atomic mass is 32.2. The SMILES string of the molecule is COc1ccc2c(c1)nc(N)n2-c1ccc(SC)cc1. The van der Waals surface area contributed by atoms with Gasteiger partial charge in [0.1, 0.15) is 5.75 Å². The third-order valence-electron chi connectivity index (χ3n) is 3.22. The van der Waals surface area contributed by atoms with E-state index in [-0.39, 0.29) is 0 Å². The van der Waals surface area contributed by atoms with Crippen molar-refractivity contribution in [2.45, 2.75) is 4.90 Å². The summed E-state index contributed by atoms with van der Waals surface area (Å²) < 4.78 is 7.16. The van der Waals surface area contributed by atoms with Gasteiger partial charge in [0, 0.05) is 16.6 Å². The molecule has 2 N–H and O–H groups in total. The Hall–Kier alpha value is -2.14. The number of nitrogens with zero attached hydrogens (tertiary/aromatic N) is 2. The highest BCUT2D eigenvalue weighted by molar-refractivity contribution is 7.98. The van der Waals surface area contributed by atoms with Gasteiger partial charge in [0.05, 0.1) is 18.1 Å². The molecule has 0 fully saturated rings. The van der Waals surface area contributed by atoms with Crippen LogP contribution in [-0.4, -0.2) is 22.9 Å². The molecule has 0 saturated heterocycles. The zero-order chi connectivity index (χ0) is 14.1. The number of imidazole rings is 1. The van der Waals surface area contributed by atoms with Crippen molar-refractivity contribution >= 4 is 28.7 Å². The molecule has 0 bridgehead atoms. The largest absolute Gasteiger partial charge is 0.497 e. The number of aromatic nitrogens is 2. The third kappa shape index (κ3) is 2.10. The molecular weight excluding hydrogens is 270 g/mol. The standard InChI is InChI=1S/C15H15N3OS/c1-19-11-5-8-14-13(9-11)17-15(16)18(14)10-3-6-12(20-2)7-4-10/h3-9H,1-2H3,(H2,16,17). The summed E-state index contributed by atoms with van der Waals surface area (Å²) in [6, 6.07) is 14.0. The fourth-order valence-corrected chi connectivity index (χ4v) is 2.62. The Morgan fingerprint density at radius 1 is 1.15 bits per heavy atom. The molecule has 4 nitrogen and oxygen atoms in total. The van der Waals surface area contributed by atoms with E-state index in [0.29, 0.717) is 5.95 Å². The number of rotatable bonds is 3. The van der Waals surface area contributed by atoms with Gasteiger partial charge in [-0.2, -0.15) is 0 Å². The number of nitrogens with two attached hydrogens (primary N) is 1. The predicted molar refractivity (Wildman–Crippen MR) is 83.8 cm³/mol. The molecule has 1 aromatic heterocycles. The third-order valence-corrected chi connectivity index (χ3v) is 3.96. The first-order chi connectivity index (χ1) is 9.72. The summed E-state index contributed by atoms with van der Waals surface area (Å²) in [4.78, 5) is 5.62. The fourth-order valence-electron chi connectivity index (χ4n) is 2.21. The minimum Gasteiger partial charge on any atom is -0.497 e. The summed E-state index contributed by atoms with van der Waals surface area (Å²) in [5.41, 5.74) is 8.86. The van der Waals surface area contributed by atoms with E-state index in [0.717, 1.165) is 22.5 Å². The monoisotopic (exact) mass is 285 g/mol. The van der Waals surface area contributed by atoms with Gasteiger partial charge in [0.15, 0.2) is 0 Å². The van der Waals surface area contributed by atoms with Crippen LogP contribution in [0.25, 0.3) is 16.7 Å². The van der Waals surface area contributed by atoms with Crippen LogP contribution in [0.3, 0.4) is 0 Å².